The molecule has 2 N–H and O–H groups in total. The molecule has 0 aromatic heterocycles. The van der Waals surface area contributed by atoms with Crippen LogP contribution in [0, 0.1) is 0 Å². The number of halogens is 1. The summed E-state index contributed by atoms with van der Waals surface area (Å²) in [4.78, 5) is 39.7. The number of carbonyl (C=O) groups is 3. The number of anilines is 1. The molecule has 0 radical (unpaired) electrons. The fourth-order valence-electron chi connectivity index (χ4n) is 3.91. The summed E-state index contributed by atoms with van der Waals surface area (Å²) >= 11 is 6.27. The highest BCUT2D eigenvalue weighted by molar-refractivity contribution is 6.34. The number of hydrogen-bond acceptors (Lipinski definition) is 3. The topological polar surface area (TPSA) is 81.8 Å². The lowest BCUT2D eigenvalue weighted by atomic mass is 9.87. The zero-order valence-electron chi connectivity index (χ0n) is 13.9. The van der Waals surface area contributed by atoms with E-state index in [1.165, 1.54) is 0 Å². The number of hydrogen-bond donors (Lipinski definition) is 2. The van der Waals surface area contributed by atoms with Gasteiger partial charge >= 0.3 is 6.03 Å². The Morgan fingerprint density at radius 2 is 1.96 bits per heavy atom. The lowest BCUT2D eigenvalue weighted by Gasteiger charge is -2.42. The number of likely N-dealkylation sites (tertiary alicyclic amines) is 1. The first-order valence-corrected chi connectivity index (χ1v) is 8.71. The van der Waals surface area contributed by atoms with Gasteiger partial charge in [0.2, 0.25) is 5.91 Å². The molecule has 0 bridgehead atoms. The van der Waals surface area contributed by atoms with Crippen molar-refractivity contribution in [3.8, 4) is 0 Å². The molecule has 1 spiro atoms. The highest BCUT2D eigenvalue weighted by Gasteiger charge is 2.45. The number of urea groups is 1. The first-order valence-electron chi connectivity index (χ1n) is 8.33. The Hall–Kier alpha value is -2.28. The molecule has 3 aliphatic rings. The molecule has 0 saturated carbocycles. The quantitative estimate of drug-likeness (QED) is 0.793. The molecule has 0 aliphatic carbocycles. The van der Waals surface area contributed by atoms with Gasteiger partial charge in [0, 0.05) is 32.4 Å². The van der Waals surface area contributed by atoms with Gasteiger partial charge < -0.3 is 20.4 Å². The average molecular weight is 363 g/mol. The molecule has 3 aliphatic heterocycles. The summed E-state index contributed by atoms with van der Waals surface area (Å²) in [6.45, 7) is 1.77. The minimum absolute atomic E-state index is 0.0568. The Morgan fingerprint density at radius 1 is 1.24 bits per heavy atom. The van der Waals surface area contributed by atoms with Crippen molar-refractivity contribution in [3.63, 3.8) is 0 Å². The van der Waals surface area contributed by atoms with Crippen LogP contribution in [0.15, 0.2) is 12.1 Å². The van der Waals surface area contributed by atoms with Crippen molar-refractivity contribution in [2.75, 3.05) is 32.0 Å². The third-order valence-corrected chi connectivity index (χ3v) is 5.93. The van der Waals surface area contributed by atoms with Gasteiger partial charge in [-0.2, -0.15) is 0 Å². The molecule has 25 heavy (non-hydrogen) atoms. The minimum Gasteiger partial charge on any atom is -0.338 e. The van der Waals surface area contributed by atoms with Gasteiger partial charge in [-0.25, -0.2) is 4.79 Å². The minimum atomic E-state index is -0.202. The highest BCUT2D eigenvalue weighted by atomic mass is 35.5. The molecule has 4 rings (SSSR count). The van der Waals surface area contributed by atoms with Crippen LogP contribution in [-0.4, -0.2) is 59.9 Å². The van der Waals surface area contributed by atoms with Gasteiger partial charge in [-0.3, -0.25) is 9.59 Å². The number of fused-ring (bicyclic) bond motifs is 1. The molecule has 4 amide bonds. The van der Waals surface area contributed by atoms with Gasteiger partial charge in [0.05, 0.1) is 22.5 Å². The molecule has 0 unspecified atom stereocenters. The van der Waals surface area contributed by atoms with Crippen molar-refractivity contribution in [3.05, 3.63) is 28.3 Å². The van der Waals surface area contributed by atoms with Gasteiger partial charge in [0.25, 0.3) is 5.91 Å². The van der Waals surface area contributed by atoms with Gasteiger partial charge in [0.15, 0.2) is 0 Å². The predicted molar refractivity (Wildman–Crippen MR) is 92.8 cm³/mol. The van der Waals surface area contributed by atoms with Crippen molar-refractivity contribution >= 4 is 35.1 Å². The van der Waals surface area contributed by atoms with E-state index >= 15 is 0 Å². The number of likely N-dealkylation sites (N-methyl/N-ethyl adjacent to an activating group) is 1. The Bertz CT molecular complexity index is 786. The van der Waals surface area contributed by atoms with E-state index < -0.39 is 0 Å². The standard InChI is InChI=1S/C17H19ClN4O3/c1-21-16(25)19-9-17(21)2-4-22(5-3-17)15(24)11-6-10-7-14(23)20-13(10)8-12(11)18/h6,8H,2-5,7,9H2,1H3,(H,19,25)(H,20,23). The maximum atomic E-state index is 12.9. The summed E-state index contributed by atoms with van der Waals surface area (Å²) in [5.41, 5.74) is 1.71. The third-order valence-electron chi connectivity index (χ3n) is 5.61. The second-order valence-electron chi connectivity index (χ2n) is 6.95. The van der Waals surface area contributed by atoms with E-state index in [1.54, 1.807) is 29.0 Å². The smallest absolute Gasteiger partial charge is 0.317 e. The Kier molecular flexibility index (Phi) is 3.64. The first-order chi connectivity index (χ1) is 11.9. The molecule has 1 aromatic carbocycles. The van der Waals surface area contributed by atoms with E-state index in [0.29, 0.717) is 35.9 Å². The van der Waals surface area contributed by atoms with Crippen LogP contribution >= 0.6 is 11.6 Å². The predicted octanol–water partition coefficient (Wildman–Crippen LogP) is 1.46. The maximum Gasteiger partial charge on any atom is 0.317 e. The van der Waals surface area contributed by atoms with Crippen molar-refractivity contribution in [2.45, 2.75) is 24.8 Å². The lowest BCUT2D eigenvalue weighted by Crippen LogP contribution is -2.54. The Morgan fingerprint density at radius 3 is 2.60 bits per heavy atom. The van der Waals surface area contributed by atoms with Crippen LogP contribution in [0.2, 0.25) is 5.02 Å². The molecular formula is C17H19ClN4O3. The van der Waals surface area contributed by atoms with E-state index in [-0.39, 0.29) is 29.8 Å². The summed E-state index contributed by atoms with van der Waals surface area (Å²) in [5.74, 6) is -0.209. The third kappa shape index (κ3) is 2.54. The number of nitrogens with zero attached hydrogens (tertiary/aromatic N) is 2. The SMILES string of the molecule is CN1C(=O)NCC12CCN(C(=O)c1cc3c(cc1Cl)NC(=O)C3)CC2. The maximum absolute atomic E-state index is 12.9. The average Bonchev–Trinajstić information content (AvgIpc) is 3.08. The van der Waals surface area contributed by atoms with E-state index in [9.17, 15) is 14.4 Å². The summed E-state index contributed by atoms with van der Waals surface area (Å²) in [6, 6.07) is 3.31. The molecule has 132 valence electrons. The largest absolute Gasteiger partial charge is 0.338 e. The van der Waals surface area contributed by atoms with E-state index in [2.05, 4.69) is 10.6 Å². The van der Waals surface area contributed by atoms with Crippen LogP contribution in [0.25, 0.3) is 0 Å². The van der Waals surface area contributed by atoms with Crippen LogP contribution in [0.3, 0.4) is 0 Å². The number of piperidine rings is 1. The number of carbonyl (C=O) groups excluding carboxylic acids is 3. The van der Waals surface area contributed by atoms with Crippen molar-refractivity contribution < 1.29 is 14.4 Å². The lowest BCUT2D eigenvalue weighted by molar-refractivity contribution is -0.115. The molecule has 8 heteroatoms. The van der Waals surface area contributed by atoms with Crippen LogP contribution in [0.4, 0.5) is 10.5 Å². The summed E-state index contributed by atoms with van der Waals surface area (Å²) in [7, 11) is 1.81. The fourth-order valence-corrected chi connectivity index (χ4v) is 4.16. The van der Waals surface area contributed by atoms with Crippen LogP contribution < -0.4 is 10.6 Å². The molecule has 3 heterocycles. The van der Waals surface area contributed by atoms with Gasteiger partial charge in [-0.15, -0.1) is 0 Å². The highest BCUT2D eigenvalue weighted by Crippen LogP contribution is 2.34. The molecular weight excluding hydrogens is 344 g/mol. The van der Waals surface area contributed by atoms with Crippen LogP contribution in [0.1, 0.15) is 28.8 Å². The Balaban J connectivity index is 1.51. The second kappa shape index (κ2) is 5.62. The fraction of sp³-hybridized carbons (Fsp3) is 0.471. The molecule has 0 atom stereocenters. The number of amides is 4. The zero-order valence-corrected chi connectivity index (χ0v) is 14.7. The van der Waals surface area contributed by atoms with E-state index in [4.69, 9.17) is 11.6 Å². The first kappa shape index (κ1) is 16.2. The summed E-state index contributed by atoms with van der Waals surface area (Å²) in [6.07, 6.45) is 1.74. The molecule has 2 fully saturated rings. The monoisotopic (exact) mass is 362 g/mol. The molecule has 7 nitrogen and oxygen atoms in total. The molecule has 1 aromatic rings. The van der Waals surface area contributed by atoms with Crippen molar-refractivity contribution in [1.29, 1.82) is 0 Å². The van der Waals surface area contributed by atoms with E-state index in [0.717, 1.165) is 18.4 Å². The number of benzene rings is 1. The number of rotatable bonds is 1. The normalized spacial score (nSPS) is 21.4. The summed E-state index contributed by atoms with van der Waals surface area (Å²) in [5, 5.41) is 5.95. The zero-order chi connectivity index (χ0) is 17.8. The van der Waals surface area contributed by atoms with Crippen LogP contribution in [0.5, 0.6) is 0 Å². The molecule has 2 saturated heterocycles. The van der Waals surface area contributed by atoms with E-state index in [1.807, 2.05) is 0 Å². The second-order valence-corrected chi connectivity index (χ2v) is 7.36. The van der Waals surface area contributed by atoms with Gasteiger partial charge in [-0.1, -0.05) is 11.6 Å². The van der Waals surface area contributed by atoms with Crippen molar-refractivity contribution in [1.82, 2.24) is 15.1 Å². The van der Waals surface area contributed by atoms with Crippen LogP contribution in [-0.2, 0) is 11.2 Å². The summed E-state index contributed by atoms with van der Waals surface area (Å²) < 4.78 is 0. The van der Waals surface area contributed by atoms with Crippen molar-refractivity contribution in [2.24, 2.45) is 0 Å². The van der Waals surface area contributed by atoms with Gasteiger partial charge in [-0.05, 0) is 30.5 Å². The van der Waals surface area contributed by atoms with Gasteiger partial charge in [0.1, 0.15) is 0 Å². The number of nitrogens with one attached hydrogen (secondary N) is 2. The Labute approximate surface area is 150 Å².